The second kappa shape index (κ2) is 6.48. The Morgan fingerprint density at radius 1 is 1.55 bits per heavy atom. The van der Waals surface area contributed by atoms with Crippen LogP contribution in [0.1, 0.15) is 25.1 Å². The van der Waals surface area contributed by atoms with Crippen LogP contribution in [0.3, 0.4) is 0 Å². The Morgan fingerprint density at radius 3 is 3.00 bits per heavy atom. The Morgan fingerprint density at radius 2 is 2.35 bits per heavy atom. The average Bonchev–Trinajstić information content (AvgIpc) is 2.40. The van der Waals surface area contributed by atoms with E-state index in [0.717, 1.165) is 37.0 Å². The van der Waals surface area contributed by atoms with E-state index in [9.17, 15) is 0 Å². The Hall–Kier alpha value is -1.23. The van der Waals surface area contributed by atoms with Gasteiger partial charge in [-0.05, 0) is 32.4 Å². The zero-order valence-electron chi connectivity index (χ0n) is 12.8. The third-order valence-electron chi connectivity index (χ3n) is 3.47. The molecule has 1 saturated heterocycles. The summed E-state index contributed by atoms with van der Waals surface area (Å²) < 4.78 is 0.288. The van der Waals surface area contributed by atoms with Crippen LogP contribution in [0.15, 0.2) is 23.3 Å². The predicted molar refractivity (Wildman–Crippen MR) is 87.3 cm³/mol. The van der Waals surface area contributed by atoms with Crippen molar-refractivity contribution in [1.82, 2.24) is 15.2 Å². The minimum atomic E-state index is 0.288. The second-order valence-electron chi connectivity index (χ2n) is 5.70. The molecule has 4 nitrogen and oxygen atoms in total. The molecule has 1 N–H and O–H groups in total. The van der Waals surface area contributed by atoms with E-state index >= 15 is 0 Å². The van der Waals surface area contributed by atoms with Crippen LogP contribution >= 0.6 is 11.8 Å². The Kier molecular flexibility index (Phi) is 4.91. The van der Waals surface area contributed by atoms with Gasteiger partial charge in [-0.2, -0.15) is 11.8 Å². The number of hydrogen-bond acceptors (Lipinski definition) is 3. The molecule has 110 valence electrons. The molecule has 0 unspecified atom stereocenters. The van der Waals surface area contributed by atoms with Crippen LogP contribution in [-0.2, 0) is 6.54 Å². The molecule has 20 heavy (non-hydrogen) atoms. The fourth-order valence-corrected chi connectivity index (χ4v) is 3.51. The first kappa shape index (κ1) is 15.2. The number of nitrogens with one attached hydrogen (secondary N) is 1. The van der Waals surface area contributed by atoms with Crippen molar-refractivity contribution in [3.05, 3.63) is 29.6 Å². The lowest BCUT2D eigenvalue weighted by molar-refractivity contribution is 0.375. The second-order valence-corrected chi connectivity index (χ2v) is 7.50. The lowest BCUT2D eigenvalue weighted by Gasteiger charge is -2.39. The molecule has 1 aromatic rings. The summed E-state index contributed by atoms with van der Waals surface area (Å²) in [5.41, 5.74) is 2.30. The van der Waals surface area contributed by atoms with Gasteiger partial charge in [0, 0.05) is 36.8 Å². The molecule has 0 aliphatic carbocycles. The molecule has 2 rings (SSSR count). The molecule has 1 fully saturated rings. The summed E-state index contributed by atoms with van der Waals surface area (Å²) in [6.45, 7) is 9.48. The van der Waals surface area contributed by atoms with Crippen LogP contribution < -0.4 is 5.32 Å². The zero-order chi connectivity index (χ0) is 14.6. The molecule has 0 amide bonds. The molecule has 1 aliphatic heterocycles. The van der Waals surface area contributed by atoms with Gasteiger partial charge in [-0.25, -0.2) is 0 Å². The first-order valence-electron chi connectivity index (χ1n) is 7.02. The summed E-state index contributed by atoms with van der Waals surface area (Å²) in [6, 6.07) is 4.06. The Balaban J connectivity index is 1.98. The van der Waals surface area contributed by atoms with Crippen molar-refractivity contribution in [2.24, 2.45) is 4.99 Å². The number of guanidine groups is 1. The van der Waals surface area contributed by atoms with E-state index in [-0.39, 0.29) is 4.75 Å². The van der Waals surface area contributed by atoms with Gasteiger partial charge in [-0.15, -0.1) is 0 Å². The molecule has 0 spiro atoms. The van der Waals surface area contributed by atoms with Crippen molar-refractivity contribution in [1.29, 1.82) is 0 Å². The highest BCUT2D eigenvalue weighted by Gasteiger charge is 2.28. The third kappa shape index (κ3) is 3.88. The van der Waals surface area contributed by atoms with Gasteiger partial charge in [0.05, 0.1) is 12.2 Å². The Bertz CT molecular complexity index is 485. The quantitative estimate of drug-likeness (QED) is 0.671. The van der Waals surface area contributed by atoms with Gasteiger partial charge in [0.1, 0.15) is 0 Å². The third-order valence-corrected chi connectivity index (χ3v) is 4.77. The number of aromatic nitrogens is 1. The highest BCUT2D eigenvalue weighted by molar-refractivity contribution is 8.00. The van der Waals surface area contributed by atoms with Crippen LogP contribution in [0.5, 0.6) is 0 Å². The van der Waals surface area contributed by atoms with E-state index in [1.807, 2.05) is 31.1 Å². The minimum Gasteiger partial charge on any atom is -0.351 e. The molecule has 0 aromatic carbocycles. The Labute approximate surface area is 126 Å². The SMILES string of the molecule is CN=C(NCc1ncccc1C)N1CCSC(C)(C)C1. The van der Waals surface area contributed by atoms with E-state index in [1.165, 1.54) is 5.56 Å². The maximum atomic E-state index is 4.42. The molecule has 0 saturated carbocycles. The van der Waals surface area contributed by atoms with Crippen molar-refractivity contribution in [3.8, 4) is 0 Å². The van der Waals surface area contributed by atoms with Gasteiger partial charge in [0.15, 0.2) is 5.96 Å². The molecule has 0 radical (unpaired) electrons. The summed E-state index contributed by atoms with van der Waals surface area (Å²) in [5, 5.41) is 3.44. The number of thioether (sulfide) groups is 1. The largest absolute Gasteiger partial charge is 0.351 e. The van der Waals surface area contributed by atoms with E-state index in [1.54, 1.807) is 0 Å². The highest BCUT2D eigenvalue weighted by atomic mass is 32.2. The number of nitrogens with zero attached hydrogens (tertiary/aromatic N) is 3. The average molecular weight is 292 g/mol. The first-order valence-corrected chi connectivity index (χ1v) is 8.00. The topological polar surface area (TPSA) is 40.5 Å². The summed E-state index contributed by atoms with van der Waals surface area (Å²) in [7, 11) is 1.85. The highest BCUT2D eigenvalue weighted by Crippen LogP contribution is 2.29. The first-order chi connectivity index (χ1) is 9.52. The number of aryl methyl sites for hydroxylation is 1. The van der Waals surface area contributed by atoms with Crippen LogP contribution in [0.4, 0.5) is 0 Å². The molecule has 0 bridgehead atoms. The van der Waals surface area contributed by atoms with Gasteiger partial charge in [-0.1, -0.05) is 6.07 Å². The molecule has 1 aromatic heterocycles. The predicted octanol–water partition coefficient (Wildman–Crippen LogP) is 2.29. The van der Waals surface area contributed by atoms with Gasteiger partial charge in [0.25, 0.3) is 0 Å². The smallest absolute Gasteiger partial charge is 0.194 e. The maximum Gasteiger partial charge on any atom is 0.194 e. The standard InChI is InChI=1S/C15H24N4S/c1-12-6-5-7-17-13(12)10-18-14(16-4)19-8-9-20-15(2,3)11-19/h5-7H,8-11H2,1-4H3,(H,16,18). The number of rotatable bonds is 2. The van der Waals surface area contributed by atoms with Crippen molar-refractivity contribution in [3.63, 3.8) is 0 Å². The summed E-state index contributed by atoms with van der Waals surface area (Å²) in [5.74, 6) is 2.12. The normalized spacial score (nSPS) is 19.0. The summed E-state index contributed by atoms with van der Waals surface area (Å²) in [6.07, 6.45) is 1.84. The van der Waals surface area contributed by atoms with Crippen LogP contribution in [0, 0.1) is 6.92 Å². The van der Waals surface area contributed by atoms with Gasteiger partial charge >= 0.3 is 0 Å². The zero-order valence-corrected chi connectivity index (χ0v) is 13.6. The fourth-order valence-electron chi connectivity index (χ4n) is 2.40. The number of aliphatic imine (C=N–C) groups is 1. The lowest BCUT2D eigenvalue weighted by atomic mass is 10.2. The van der Waals surface area contributed by atoms with Crippen LogP contribution in [0.2, 0.25) is 0 Å². The van der Waals surface area contributed by atoms with E-state index in [4.69, 9.17) is 0 Å². The number of pyridine rings is 1. The van der Waals surface area contributed by atoms with E-state index in [0.29, 0.717) is 0 Å². The van der Waals surface area contributed by atoms with Crippen molar-refractivity contribution in [2.45, 2.75) is 32.1 Å². The molecule has 0 atom stereocenters. The van der Waals surface area contributed by atoms with Crippen LogP contribution in [0.25, 0.3) is 0 Å². The summed E-state index contributed by atoms with van der Waals surface area (Å²) >= 11 is 2.03. The van der Waals surface area contributed by atoms with Crippen molar-refractivity contribution in [2.75, 3.05) is 25.9 Å². The monoisotopic (exact) mass is 292 g/mol. The van der Waals surface area contributed by atoms with Crippen molar-refractivity contribution >= 4 is 17.7 Å². The van der Waals surface area contributed by atoms with E-state index in [2.05, 4.69) is 47.0 Å². The van der Waals surface area contributed by atoms with Gasteiger partial charge in [0.2, 0.25) is 0 Å². The fraction of sp³-hybridized carbons (Fsp3) is 0.600. The minimum absolute atomic E-state index is 0.288. The molecular weight excluding hydrogens is 268 g/mol. The molecule has 5 heteroatoms. The molecule has 1 aliphatic rings. The number of hydrogen-bond donors (Lipinski definition) is 1. The van der Waals surface area contributed by atoms with E-state index < -0.39 is 0 Å². The van der Waals surface area contributed by atoms with Crippen molar-refractivity contribution < 1.29 is 0 Å². The van der Waals surface area contributed by atoms with Crippen LogP contribution in [-0.4, -0.2) is 46.5 Å². The van der Waals surface area contributed by atoms with Gasteiger partial charge in [-0.3, -0.25) is 9.98 Å². The lowest BCUT2D eigenvalue weighted by Crippen LogP contribution is -2.50. The molecular formula is C15H24N4S. The summed E-state index contributed by atoms with van der Waals surface area (Å²) in [4.78, 5) is 11.2. The maximum absolute atomic E-state index is 4.42. The molecule has 2 heterocycles. The van der Waals surface area contributed by atoms with Gasteiger partial charge < -0.3 is 10.2 Å².